The SMILES string of the molecule is CCCC/C=C\CCCCCCCC(=O)OC(COCCCCCCCCCCCC/C=C\C/C=C\CCCCC)COC(=O)CCCCCCCCCCCCCCC. The normalized spacial score (nSPS) is 12.4. The Hall–Kier alpha value is -1.88. The highest BCUT2D eigenvalue weighted by molar-refractivity contribution is 5.70. The molecule has 0 aromatic rings. The van der Waals surface area contributed by atoms with E-state index in [1.54, 1.807) is 0 Å². The van der Waals surface area contributed by atoms with Crippen molar-refractivity contribution in [3.05, 3.63) is 36.5 Å². The minimum atomic E-state index is -0.536. The van der Waals surface area contributed by atoms with E-state index in [-0.39, 0.29) is 25.2 Å². The van der Waals surface area contributed by atoms with Gasteiger partial charge in [0.1, 0.15) is 6.61 Å². The first-order valence-electron chi connectivity index (χ1n) is 26.5. The highest BCUT2D eigenvalue weighted by Crippen LogP contribution is 2.15. The molecule has 0 aliphatic heterocycles. The fourth-order valence-corrected chi connectivity index (χ4v) is 7.64. The fraction of sp³-hybridized carbons (Fsp3) is 0.855. The molecule has 352 valence electrons. The standard InChI is InChI=1S/C55H102O5/c1-4-7-10-13-16-19-22-24-25-26-27-28-29-30-32-35-38-41-44-47-50-58-51-53(60-55(57)49-46-43-40-37-33-21-18-15-12-9-6-3)52-59-54(56)48-45-42-39-36-34-31-23-20-17-14-11-8-5-2/h15-16,18-19,24-25,53H,4-14,17,20-23,26-52H2,1-3H3/b18-15-,19-16-,25-24-. The molecule has 0 aliphatic rings. The van der Waals surface area contributed by atoms with Crippen molar-refractivity contribution in [2.75, 3.05) is 19.8 Å². The molecule has 0 aromatic carbocycles. The number of rotatable bonds is 49. The van der Waals surface area contributed by atoms with E-state index >= 15 is 0 Å². The van der Waals surface area contributed by atoms with Crippen LogP contribution in [0.15, 0.2) is 36.5 Å². The zero-order chi connectivity index (χ0) is 43.5. The van der Waals surface area contributed by atoms with Crippen LogP contribution in [0.25, 0.3) is 0 Å². The monoisotopic (exact) mass is 843 g/mol. The summed E-state index contributed by atoms with van der Waals surface area (Å²) in [5.74, 6) is -0.397. The van der Waals surface area contributed by atoms with E-state index in [4.69, 9.17) is 14.2 Å². The highest BCUT2D eigenvalue weighted by atomic mass is 16.6. The smallest absolute Gasteiger partial charge is 0.306 e. The summed E-state index contributed by atoms with van der Waals surface area (Å²) in [5, 5.41) is 0. The maximum absolute atomic E-state index is 12.8. The zero-order valence-corrected chi connectivity index (χ0v) is 40.5. The van der Waals surface area contributed by atoms with Gasteiger partial charge in [-0.2, -0.15) is 0 Å². The second-order valence-corrected chi connectivity index (χ2v) is 17.8. The van der Waals surface area contributed by atoms with E-state index in [1.807, 2.05) is 0 Å². The van der Waals surface area contributed by atoms with Crippen molar-refractivity contribution in [1.82, 2.24) is 0 Å². The molecule has 0 amide bonds. The first-order chi connectivity index (χ1) is 29.6. The Morgan fingerprint density at radius 3 is 1.20 bits per heavy atom. The predicted octanol–water partition coefficient (Wildman–Crippen LogP) is 17.8. The fourth-order valence-electron chi connectivity index (χ4n) is 7.64. The van der Waals surface area contributed by atoms with Crippen LogP contribution in [0.1, 0.15) is 278 Å². The molecule has 5 heteroatoms. The number of hydrogen-bond donors (Lipinski definition) is 0. The summed E-state index contributed by atoms with van der Waals surface area (Å²) in [6.07, 6.45) is 61.5. The molecule has 0 spiro atoms. The van der Waals surface area contributed by atoms with E-state index in [2.05, 4.69) is 57.2 Å². The molecule has 0 radical (unpaired) electrons. The summed E-state index contributed by atoms with van der Waals surface area (Å²) >= 11 is 0. The molecule has 0 bridgehead atoms. The maximum Gasteiger partial charge on any atom is 0.306 e. The average molecular weight is 843 g/mol. The topological polar surface area (TPSA) is 61.8 Å². The van der Waals surface area contributed by atoms with Crippen LogP contribution in [-0.2, 0) is 23.8 Å². The van der Waals surface area contributed by atoms with Crippen molar-refractivity contribution in [1.29, 1.82) is 0 Å². The number of carbonyl (C=O) groups is 2. The van der Waals surface area contributed by atoms with Crippen LogP contribution in [-0.4, -0.2) is 37.9 Å². The number of hydrogen-bond acceptors (Lipinski definition) is 5. The molecule has 5 nitrogen and oxygen atoms in total. The minimum absolute atomic E-state index is 0.0857. The number of carbonyl (C=O) groups excluding carboxylic acids is 2. The quantitative estimate of drug-likeness (QED) is 0.0347. The predicted molar refractivity (Wildman–Crippen MR) is 261 cm³/mol. The summed E-state index contributed by atoms with van der Waals surface area (Å²) < 4.78 is 17.4. The van der Waals surface area contributed by atoms with E-state index in [0.29, 0.717) is 19.4 Å². The molecule has 60 heavy (non-hydrogen) atoms. The third-order valence-corrected chi connectivity index (χ3v) is 11.6. The van der Waals surface area contributed by atoms with Gasteiger partial charge >= 0.3 is 11.9 Å². The Bertz CT molecular complexity index is 955. The van der Waals surface area contributed by atoms with Crippen LogP contribution in [0.2, 0.25) is 0 Å². The van der Waals surface area contributed by atoms with Crippen molar-refractivity contribution in [3.8, 4) is 0 Å². The van der Waals surface area contributed by atoms with E-state index in [0.717, 1.165) is 57.8 Å². The number of allylic oxidation sites excluding steroid dienone is 6. The summed E-state index contributed by atoms with van der Waals surface area (Å²) in [4.78, 5) is 25.3. The lowest BCUT2D eigenvalue weighted by atomic mass is 10.0. The maximum atomic E-state index is 12.8. The third kappa shape index (κ3) is 48.8. The van der Waals surface area contributed by atoms with Gasteiger partial charge in [-0.15, -0.1) is 0 Å². The van der Waals surface area contributed by atoms with Crippen molar-refractivity contribution in [3.63, 3.8) is 0 Å². The van der Waals surface area contributed by atoms with E-state index < -0.39 is 6.10 Å². The van der Waals surface area contributed by atoms with Gasteiger partial charge in [0.25, 0.3) is 0 Å². The van der Waals surface area contributed by atoms with Crippen LogP contribution >= 0.6 is 0 Å². The number of esters is 2. The molecule has 0 heterocycles. The van der Waals surface area contributed by atoms with Crippen LogP contribution in [0.5, 0.6) is 0 Å². The lowest BCUT2D eigenvalue weighted by Gasteiger charge is -2.18. The highest BCUT2D eigenvalue weighted by Gasteiger charge is 2.17. The van der Waals surface area contributed by atoms with Gasteiger partial charge in [0, 0.05) is 19.4 Å². The summed E-state index contributed by atoms with van der Waals surface area (Å²) in [5.41, 5.74) is 0. The van der Waals surface area contributed by atoms with Gasteiger partial charge in [-0.3, -0.25) is 9.59 Å². The molecule has 0 rings (SSSR count). The van der Waals surface area contributed by atoms with Gasteiger partial charge in [-0.1, -0.05) is 231 Å². The van der Waals surface area contributed by atoms with Crippen molar-refractivity contribution in [2.45, 2.75) is 284 Å². The summed E-state index contributed by atoms with van der Waals surface area (Å²) in [6.45, 7) is 7.79. The van der Waals surface area contributed by atoms with Crippen LogP contribution in [0.4, 0.5) is 0 Å². The second kappa shape index (κ2) is 51.5. The van der Waals surface area contributed by atoms with Crippen LogP contribution < -0.4 is 0 Å². The molecule has 0 N–H and O–H groups in total. The van der Waals surface area contributed by atoms with Crippen molar-refractivity contribution >= 4 is 11.9 Å². The molecule has 1 unspecified atom stereocenters. The van der Waals surface area contributed by atoms with Gasteiger partial charge in [0.05, 0.1) is 6.61 Å². The molecule has 1 atom stereocenters. The Kier molecular flexibility index (Phi) is 49.9. The molecule has 0 saturated heterocycles. The lowest BCUT2D eigenvalue weighted by molar-refractivity contribution is -0.163. The Labute approximate surface area is 374 Å². The molecule has 0 aromatic heterocycles. The van der Waals surface area contributed by atoms with Crippen LogP contribution in [0, 0.1) is 0 Å². The minimum Gasteiger partial charge on any atom is -0.462 e. The summed E-state index contributed by atoms with van der Waals surface area (Å²) in [7, 11) is 0. The molecule has 0 fully saturated rings. The molecular weight excluding hydrogens is 741 g/mol. The lowest BCUT2D eigenvalue weighted by Crippen LogP contribution is -2.30. The van der Waals surface area contributed by atoms with Crippen molar-refractivity contribution in [2.24, 2.45) is 0 Å². The van der Waals surface area contributed by atoms with Gasteiger partial charge in [0.15, 0.2) is 6.10 Å². The third-order valence-electron chi connectivity index (χ3n) is 11.6. The van der Waals surface area contributed by atoms with Gasteiger partial charge < -0.3 is 14.2 Å². The second-order valence-electron chi connectivity index (χ2n) is 17.8. The number of unbranched alkanes of at least 4 members (excludes halogenated alkanes) is 32. The molecule has 0 aliphatic carbocycles. The number of ether oxygens (including phenoxy) is 3. The largest absolute Gasteiger partial charge is 0.462 e. The van der Waals surface area contributed by atoms with E-state index in [1.165, 1.54) is 186 Å². The van der Waals surface area contributed by atoms with Crippen LogP contribution in [0.3, 0.4) is 0 Å². The Morgan fingerprint density at radius 2 is 0.717 bits per heavy atom. The Balaban J connectivity index is 4.18. The van der Waals surface area contributed by atoms with E-state index in [9.17, 15) is 9.59 Å². The first-order valence-corrected chi connectivity index (χ1v) is 26.5. The Morgan fingerprint density at radius 1 is 0.367 bits per heavy atom. The first kappa shape index (κ1) is 58.1. The molecule has 0 saturated carbocycles. The average Bonchev–Trinajstić information content (AvgIpc) is 3.25. The summed E-state index contributed by atoms with van der Waals surface area (Å²) in [6, 6.07) is 0. The van der Waals surface area contributed by atoms with Gasteiger partial charge in [-0.05, 0) is 70.6 Å². The molecular formula is C55H102O5. The van der Waals surface area contributed by atoms with Gasteiger partial charge in [-0.25, -0.2) is 0 Å². The zero-order valence-electron chi connectivity index (χ0n) is 40.5. The van der Waals surface area contributed by atoms with Crippen molar-refractivity contribution < 1.29 is 23.8 Å². The van der Waals surface area contributed by atoms with Gasteiger partial charge in [0.2, 0.25) is 0 Å².